The number of nitrogens with two attached hydrogens (primary N) is 1. The summed E-state index contributed by atoms with van der Waals surface area (Å²) in [6.45, 7) is 0.153. The van der Waals surface area contributed by atoms with Crippen molar-refractivity contribution in [2.24, 2.45) is 0 Å². The van der Waals surface area contributed by atoms with E-state index in [0.717, 1.165) is 10.6 Å². The summed E-state index contributed by atoms with van der Waals surface area (Å²) in [7, 11) is 0. The Morgan fingerprint density at radius 2 is 2.22 bits per heavy atom. The van der Waals surface area contributed by atoms with Crippen molar-refractivity contribution >= 4 is 29.2 Å². The van der Waals surface area contributed by atoms with Gasteiger partial charge >= 0.3 is 0 Å². The van der Waals surface area contributed by atoms with E-state index >= 15 is 0 Å². The minimum Gasteiger partial charge on any atom is -0.382 e. The van der Waals surface area contributed by atoms with Crippen LogP contribution in [0.5, 0.6) is 0 Å². The largest absolute Gasteiger partial charge is 0.382 e. The number of nitrogens with zero attached hydrogens (tertiary/aromatic N) is 2. The second kappa shape index (κ2) is 5.59. The Kier molecular flexibility index (Phi) is 3.88. The lowest BCUT2D eigenvalue weighted by molar-refractivity contribution is -0.116. The minimum atomic E-state index is -0.125. The molecule has 0 atom stereocenters. The summed E-state index contributed by atoms with van der Waals surface area (Å²) in [5.41, 5.74) is 6.30. The molecule has 0 unspecified atom stereocenters. The fraction of sp³-hybridized carbons (Fsp3) is 0.167. The van der Waals surface area contributed by atoms with E-state index in [1.54, 1.807) is 24.0 Å². The normalized spacial score (nSPS) is 10.3. The van der Waals surface area contributed by atoms with E-state index in [2.05, 4.69) is 10.4 Å². The summed E-state index contributed by atoms with van der Waals surface area (Å²) < 4.78 is 1.51. The number of nitrogens with one attached hydrogen (secondary N) is 1. The number of thioether (sulfide) groups is 1. The molecule has 0 aliphatic carbocycles. The molecule has 1 amide bonds. The highest BCUT2D eigenvalue weighted by Crippen LogP contribution is 2.24. The number of amides is 1. The molecule has 6 heteroatoms. The van der Waals surface area contributed by atoms with Crippen molar-refractivity contribution in [3.05, 3.63) is 36.5 Å². The number of hydrogen-bond acceptors (Lipinski definition) is 4. The van der Waals surface area contributed by atoms with Crippen molar-refractivity contribution in [3.8, 4) is 0 Å². The maximum atomic E-state index is 11.8. The Morgan fingerprint density at radius 3 is 2.89 bits per heavy atom. The quantitative estimate of drug-likeness (QED) is 0.824. The van der Waals surface area contributed by atoms with E-state index in [-0.39, 0.29) is 12.5 Å². The third-order valence-corrected chi connectivity index (χ3v) is 3.14. The summed E-state index contributed by atoms with van der Waals surface area (Å²) in [6.07, 6.45) is 3.65. The highest BCUT2D eigenvalue weighted by Gasteiger charge is 2.07. The maximum Gasteiger partial charge on any atom is 0.246 e. The van der Waals surface area contributed by atoms with Crippen LogP contribution in [0.1, 0.15) is 0 Å². The number of benzene rings is 1. The molecular weight excluding hydrogens is 248 g/mol. The van der Waals surface area contributed by atoms with Crippen LogP contribution in [-0.4, -0.2) is 21.9 Å². The van der Waals surface area contributed by atoms with Crippen LogP contribution >= 0.6 is 11.8 Å². The summed E-state index contributed by atoms with van der Waals surface area (Å²) in [6, 6.07) is 9.33. The molecule has 2 aromatic rings. The second-order valence-electron chi connectivity index (χ2n) is 3.69. The molecule has 0 fully saturated rings. The van der Waals surface area contributed by atoms with Crippen LogP contribution in [0.4, 0.5) is 11.5 Å². The summed E-state index contributed by atoms with van der Waals surface area (Å²) >= 11 is 1.59. The number of carbonyl (C=O) groups excluding carboxylic acids is 1. The molecule has 2 rings (SSSR count). The summed E-state index contributed by atoms with van der Waals surface area (Å²) in [5.74, 6) is 0.284. The fourth-order valence-corrected chi connectivity index (χ4v) is 2.10. The standard InChI is InChI=1S/C12H14N4OS/c1-18-10-5-3-2-4-9(10)14-12(17)8-16-7-6-11(13)15-16/h2-7H,8H2,1H3,(H2,13,15)(H,14,17). The molecule has 0 aliphatic rings. The lowest BCUT2D eigenvalue weighted by Gasteiger charge is -2.09. The molecule has 0 radical (unpaired) electrons. The Morgan fingerprint density at radius 1 is 1.44 bits per heavy atom. The van der Waals surface area contributed by atoms with Gasteiger partial charge in [0.1, 0.15) is 12.4 Å². The van der Waals surface area contributed by atoms with E-state index in [1.807, 2.05) is 30.5 Å². The lowest BCUT2D eigenvalue weighted by atomic mass is 10.3. The van der Waals surface area contributed by atoms with Gasteiger partial charge in [-0.2, -0.15) is 5.10 Å². The predicted octanol–water partition coefficient (Wildman–Crippen LogP) is 1.83. The van der Waals surface area contributed by atoms with Gasteiger partial charge in [0.25, 0.3) is 0 Å². The van der Waals surface area contributed by atoms with Crippen molar-refractivity contribution in [1.29, 1.82) is 0 Å². The van der Waals surface area contributed by atoms with Gasteiger partial charge < -0.3 is 11.1 Å². The van der Waals surface area contributed by atoms with Crippen LogP contribution in [0.25, 0.3) is 0 Å². The zero-order valence-corrected chi connectivity index (χ0v) is 10.8. The lowest BCUT2D eigenvalue weighted by Crippen LogP contribution is -2.19. The van der Waals surface area contributed by atoms with Gasteiger partial charge in [-0.05, 0) is 24.5 Å². The third kappa shape index (κ3) is 3.04. The molecule has 0 saturated carbocycles. The molecule has 94 valence electrons. The number of para-hydroxylation sites is 1. The van der Waals surface area contributed by atoms with Crippen molar-refractivity contribution in [2.45, 2.75) is 11.4 Å². The molecule has 1 heterocycles. The number of aromatic nitrogens is 2. The van der Waals surface area contributed by atoms with E-state index in [9.17, 15) is 4.79 Å². The van der Waals surface area contributed by atoms with Gasteiger partial charge in [0, 0.05) is 11.1 Å². The molecule has 1 aromatic carbocycles. The van der Waals surface area contributed by atoms with Crippen LogP contribution in [0, 0.1) is 0 Å². The van der Waals surface area contributed by atoms with E-state index in [4.69, 9.17) is 5.73 Å². The van der Waals surface area contributed by atoms with Gasteiger partial charge in [-0.15, -0.1) is 11.8 Å². The SMILES string of the molecule is CSc1ccccc1NC(=O)Cn1ccc(N)n1. The van der Waals surface area contributed by atoms with Crippen LogP contribution in [0.3, 0.4) is 0 Å². The van der Waals surface area contributed by atoms with E-state index < -0.39 is 0 Å². The van der Waals surface area contributed by atoms with E-state index in [1.165, 1.54) is 4.68 Å². The van der Waals surface area contributed by atoms with Crippen molar-refractivity contribution in [1.82, 2.24) is 9.78 Å². The minimum absolute atomic E-state index is 0.125. The van der Waals surface area contributed by atoms with E-state index in [0.29, 0.717) is 5.82 Å². The molecule has 0 bridgehead atoms. The maximum absolute atomic E-state index is 11.8. The number of anilines is 2. The fourth-order valence-electron chi connectivity index (χ4n) is 1.55. The Labute approximate surface area is 109 Å². The first-order valence-corrected chi connectivity index (χ1v) is 6.63. The average Bonchev–Trinajstić information content (AvgIpc) is 2.75. The van der Waals surface area contributed by atoms with Crippen LogP contribution < -0.4 is 11.1 Å². The molecular formula is C12H14N4OS. The van der Waals surface area contributed by atoms with Gasteiger partial charge in [-0.1, -0.05) is 12.1 Å². The highest BCUT2D eigenvalue weighted by atomic mass is 32.2. The molecule has 1 aromatic heterocycles. The zero-order valence-electron chi connectivity index (χ0n) is 9.96. The molecule has 3 N–H and O–H groups in total. The van der Waals surface area contributed by atoms with Crippen molar-refractivity contribution < 1.29 is 4.79 Å². The number of nitrogen functional groups attached to an aromatic ring is 1. The zero-order chi connectivity index (χ0) is 13.0. The van der Waals surface area contributed by atoms with Crippen LogP contribution in [0.2, 0.25) is 0 Å². The second-order valence-corrected chi connectivity index (χ2v) is 4.53. The number of carbonyl (C=O) groups is 1. The molecule has 18 heavy (non-hydrogen) atoms. The Bertz CT molecular complexity index is 553. The predicted molar refractivity (Wildman–Crippen MR) is 73.5 cm³/mol. The first kappa shape index (κ1) is 12.5. The monoisotopic (exact) mass is 262 g/mol. The molecule has 0 spiro atoms. The van der Waals surface area contributed by atoms with Gasteiger partial charge in [0.15, 0.2) is 0 Å². The molecule has 0 saturated heterocycles. The topological polar surface area (TPSA) is 72.9 Å². The van der Waals surface area contributed by atoms with Crippen molar-refractivity contribution in [3.63, 3.8) is 0 Å². The average molecular weight is 262 g/mol. The number of rotatable bonds is 4. The summed E-state index contributed by atoms with van der Waals surface area (Å²) in [4.78, 5) is 12.9. The molecule has 5 nitrogen and oxygen atoms in total. The van der Waals surface area contributed by atoms with Crippen LogP contribution in [0.15, 0.2) is 41.4 Å². The van der Waals surface area contributed by atoms with Gasteiger partial charge in [0.05, 0.1) is 5.69 Å². The summed E-state index contributed by atoms with van der Waals surface area (Å²) in [5, 5.41) is 6.82. The first-order chi connectivity index (χ1) is 8.69. The molecule has 0 aliphatic heterocycles. The highest BCUT2D eigenvalue weighted by molar-refractivity contribution is 7.98. The first-order valence-electron chi connectivity index (χ1n) is 5.41. The van der Waals surface area contributed by atoms with Gasteiger partial charge in [0.2, 0.25) is 5.91 Å². The Hall–Kier alpha value is -1.95. The van der Waals surface area contributed by atoms with Gasteiger partial charge in [-0.3, -0.25) is 9.48 Å². The van der Waals surface area contributed by atoms with Crippen molar-refractivity contribution in [2.75, 3.05) is 17.3 Å². The van der Waals surface area contributed by atoms with Crippen LogP contribution in [-0.2, 0) is 11.3 Å². The third-order valence-electron chi connectivity index (χ3n) is 2.35. The smallest absolute Gasteiger partial charge is 0.246 e. The van der Waals surface area contributed by atoms with Gasteiger partial charge in [-0.25, -0.2) is 0 Å². The number of hydrogen-bond donors (Lipinski definition) is 2. The Balaban J connectivity index is 2.03.